The van der Waals surface area contributed by atoms with Crippen molar-refractivity contribution in [3.63, 3.8) is 0 Å². The van der Waals surface area contributed by atoms with E-state index < -0.39 is 0 Å². The van der Waals surface area contributed by atoms with Crippen molar-refractivity contribution in [2.75, 3.05) is 39.4 Å². The minimum absolute atomic E-state index is 0.187. The second-order valence-electron chi connectivity index (χ2n) is 5.45. The summed E-state index contributed by atoms with van der Waals surface area (Å²) >= 11 is 0. The Kier molecular flexibility index (Phi) is 2.69. The normalized spacial score (nSPS) is 41.8. The fourth-order valence-corrected chi connectivity index (χ4v) is 3.45. The molecule has 0 aromatic rings. The van der Waals surface area contributed by atoms with Gasteiger partial charge in [0.1, 0.15) is 6.67 Å². The highest BCUT2D eigenvalue weighted by Crippen LogP contribution is 2.53. The van der Waals surface area contributed by atoms with E-state index in [1.54, 1.807) is 0 Å². The lowest BCUT2D eigenvalue weighted by atomic mass is 10.1. The number of halogens is 1. The van der Waals surface area contributed by atoms with Gasteiger partial charge in [-0.3, -0.25) is 9.80 Å². The van der Waals surface area contributed by atoms with E-state index in [-0.39, 0.29) is 6.67 Å². The van der Waals surface area contributed by atoms with Crippen molar-refractivity contribution in [3.8, 4) is 0 Å². The zero-order valence-electron chi connectivity index (χ0n) is 9.37. The van der Waals surface area contributed by atoms with Gasteiger partial charge in [0.05, 0.1) is 0 Å². The van der Waals surface area contributed by atoms with Crippen molar-refractivity contribution in [1.82, 2.24) is 9.80 Å². The molecule has 15 heavy (non-hydrogen) atoms. The Labute approximate surface area is 91.4 Å². The van der Waals surface area contributed by atoms with Gasteiger partial charge >= 0.3 is 0 Å². The molecule has 3 heteroatoms. The van der Waals surface area contributed by atoms with Gasteiger partial charge in [-0.25, -0.2) is 4.39 Å². The van der Waals surface area contributed by atoms with Crippen LogP contribution in [0.15, 0.2) is 0 Å². The summed E-state index contributed by atoms with van der Waals surface area (Å²) in [6, 6.07) is 0.876. The Hall–Kier alpha value is -0.150. The number of hydrogen-bond donors (Lipinski definition) is 0. The number of fused-ring (bicyclic) bond motifs is 1. The third-order valence-corrected chi connectivity index (χ3v) is 4.54. The molecule has 3 fully saturated rings. The number of rotatable bonds is 3. The lowest BCUT2D eigenvalue weighted by Crippen LogP contribution is -2.50. The molecule has 3 aliphatic rings. The van der Waals surface area contributed by atoms with Crippen molar-refractivity contribution >= 4 is 0 Å². The van der Waals surface area contributed by atoms with Crippen molar-refractivity contribution in [3.05, 3.63) is 0 Å². The molecule has 1 heterocycles. The van der Waals surface area contributed by atoms with Crippen molar-refractivity contribution in [1.29, 1.82) is 0 Å². The number of piperazine rings is 1. The minimum atomic E-state index is -0.187. The third kappa shape index (κ3) is 2.04. The lowest BCUT2D eigenvalue weighted by molar-refractivity contribution is 0.0893. The smallest absolute Gasteiger partial charge is 0.102 e. The van der Waals surface area contributed by atoms with Crippen LogP contribution >= 0.6 is 0 Å². The average molecular weight is 212 g/mol. The monoisotopic (exact) mass is 212 g/mol. The van der Waals surface area contributed by atoms with Crippen LogP contribution in [-0.4, -0.2) is 55.2 Å². The first-order valence-electron chi connectivity index (χ1n) is 6.39. The van der Waals surface area contributed by atoms with Crippen LogP contribution in [0.25, 0.3) is 0 Å². The number of alkyl halides is 1. The van der Waals surface area contributed by atoms with Crippen LogP contribution in [-0.2, 0) is 0 Å². The van der Waals surface area contributed by atoms with E-state index >= 15 is 0 Å². The molecule has 2 atom stereocenters. The molecular formula is C12H21FN2. The zero-order chi connectivity index (χ0) is 10.3. The van der Waals surface area contributed by atoms with Crippen molar-refractivity contribution in [2.45, 2.75) is 25.3 Å². The molecule has 2 saturated carbocycles. The molecule has 3 rings (SSSR count). The average Bonchev–Trinajstić information content (AvgIpc) is 2.87. The van der Waals surface area contributed by atoms with Gasteiger partial charge in [0, 0.05) is 38.8 Å². The van der Waals surface area contributed by atoms with Crippen LogP contribution in [0.1, 0.15) is 19.3 Å². The second kappa shape index (κ2) is 4.02. The molecular weight excluding hydrogens is 191 g/mol. The number of nitrogens with zero attached hydrogens (tertiary/aromatic N) is 2. The van der Waals surface area contributed by atoms with Crippen LogP contribution in [0.2, 0.25) is 0 Å². The molecule has 0 radical (unpaired) electrons. The van der Waals surface area contributed by atoms with E-state index in [0.29, 0.717) is 6.54 Å². The Bertz CT molecular complexity index is 216. The Morgan fingerprint density at radius 1 is 0.933 bits per heavy atom. The Balaban J connectivity index is 1.45. The summed E-state index contributed by atoms with van der Waals surface area (Å²) in [6.45, 7) is 4.96. The van der Waals surface area contributed by atoms with E-state index in [9.17, 15) is 4.39 Å². The van der Waals surface area contributed by atoms with Gasteiger partial charge in [-0.2, -0.15) is 0 Å². The van der Waals surface area contributed by atoms with E-state index in [2.05, 4.69) is 9.80 Å². The summed E-state index contributed by atoms with van der Waals surface area (Å²) in [6.07, 6.45) is 4.42. The summed E-state index contributed by atoms with van der Waals surface area (Å²) in [5.74, 6) is 2.16. The predicted octanol–water partition coefficient (Wildman–Crippen LogP) is 1.37. The summed E-state index contributed by atoms with van der Waals surface area (Å²) < 4.78 is 12.2. The van der Waals surface area contributed by atoms with Gasteiger partial charge in [-0.1, -0.05) is 0 Å². The second-order valence-corrected chi connectivity index (χ2v) is 5.45. The summed E-state index contributed by atoms with van der Waals surface area (Å²) in [5, 5.41) is 0. The standard InChI is InChI=1S/C12H21FN2/c13-1-2-14-3-5-15(6-4-14)12-8-10-7-11(10)9-12/h10-12H,1-9H2. The SMILES string of the molecule is FCCN1CCN(C2CC3CC3C2)CC1. The van der Waals surface area contributed by atoms with Gasteiger partial charge in [0.2, 0.25) is 0 Å². The topological polar surface area (TPSA) is 6.48 Å². The molecule has 0 amide bonds. The summed E-state index contributed by atoms with van der Waals surface area (Å²) in [5.41, 5.74) is 0. The highest BCUT2D eigenvalue weighted by atomic mass is 19.1. The maximum atomic E-state index is 12.2. The maximum Gasteiger partial charge on any atom is 0.102 e. The van der Waals surface area contributed by atoms with Gasteiger partial charge in [-0.15, -0.1) is 0 Å². The van der Waals surface area contributed by atoms with Crippen LogP contribution in [0.5, 0.6) is 0 Å². The van der Waals surface area contributed by atoms with Crippen LogP contribution in [0.3, 0.4) is 0 Å². The Morgan fingerprint density at radius 2 is 1.60 bits per heavy atom. The van der Waals surface area contributed by atoms with E-state index in [1.165, 1.54) is 32.4 Å². The fraction of sp³-hybridized carbons (Fsp3) is 1.00. The molecule has 0 N–H and O–H groups in total. The molecule has 86 valence electrons. The van der Waals surface area contributed by atoms with E-state index in [1.807, 2.05) is 0 Å². The zero-order valence-corrected chi connectivity index (χ0v) is 9.37. The lowest BCUT2D eigenvalue weighted by Gasteiger charge is -2.38. The van der Waals surface area contributed by atoms with Gasteiger partial charge in [-0.05, 0) is 31.1 Å². The van der Waals surface area contributed by atoms with Crippen molar-refractivity contribution in [2.24, 2.45) is 11.8 Å². The maximum absolute atomic E-state index is 12.2. The van der Waals surface area contributed by atoms with Crippen molar-refractivity contribution < 1.29 is 4.39 Å². The predicted molar refractivity (Wildman–Crippen MR) is 58.6 cm³/mol. The first-order chi connectivity index (χ1) is 7.36. The molecule has 0 aromatic carbocycles. The minimum Gasteiger partial charge on any atom is -0.298 e. The molecule has 2 nitrogen and oxygen atoms in total. The molecule has 0 aromatic heterocycles. The van der Waals surface area contributed by atoms with E-state index in [0.717, 1.165) is 31.0 Å². The molecule has 1 aliphatic heterocycles. The Morgan fingerprint density at radius 3 is 2.20 bits per heavy atom. The first kappa shape index (κ1) is 10.0. The van der Waals surface area contributed by atoms with Gasteiger partial charge in [0.25, 0.3) is 0 Å². The molecule has 2 unspecified atom stereocenters. The summed E-state index contributed by atoms with van der Waals surface area (Å²) in [7, 11) is 0. The molecule has 1 saturated heterocycles. The van der Waals surface area contributed by atoms with Gasteiger partial charge in [0.15, 0.2) is 0 Å². The first-order valence-corrected chi connectivity index (χ1v) is 6.39. The number of hydrogen-bond acceptors (Lipinski definition) is 2. The van der Waals surface area contributed by atoms with E-state index in [4.69, 9.17) is 0 Å². The quantitative estimate of drug-likeness (QED) is 0.697. The highest BCUT2D eigenvalue weighted by molar-refractivity contribution is 5.00. The van der Waals surface area contributed by atoms with Crippen LogP contribution in [0, 0.1) is 11.8 Å². The largest absolute Gasteiger partial charge is 0.298 e. The fourth-order valence-electron chi connectivity index (χ4n) is 3.45. The van der Waals surface area contributed by atoms with Crippen LogP contribution < -0.4 is 0 Å². The van der Waals surface area contributed by atoms with Crippen LogP contribution in [0.4, 0.5) is 4.39 Å². The molecule has 2 aliphatic carbocycles. The highest BCUT2D eigenvalue weighted by Gasteiger charge is 2.47. The summed E-state index contributed by atoms with van der Waals surface area (Å²) in [4.78, 5) is 4.91. The third-order valence-electron chi connectivity index (χ3n) is 4.54. The molecule has 0 bridgehead atoms. The van der Waals surface area contributed by atoms with Gasteiger partial charge < -0.3 is 0 Å². The molecule has 0 spiro atoms.